The van der Waals surface area contributed by atoms with Crippen LogP contribution in [0.25, 0.3) is 0 Å². The predicted molar refractivity (Wildman–Crippen MR) is 85.2 cm³/mol. The highest BCUT2D eigenvalue weighted by Crippen LogP contribution is 2.25. The molecule has 2 aromatic heterocycles. The molecule has 0 aromatic carbocycles. The van der Waals surface area contributed by atoms with E-state index in [0.29, 0.717) is 17.6 Å². The first-order chi connectivity index (χ1) is 10.7. The van der Waals surface area contributed by atoms with E-state index in [-0.39, 0.29) is 11.7 Å². The molecule has 0 aliphatic heterocycles. The highest BCUT2D eigenvalue weighted by molar-refractivity contribution is 5.90. The topological polar surface area (TPSA) is 95.6 Å². The summed E-state index contributed by atoms with van der Waals surface area (Å²) in [7, 11) is 1.55. The molecule has 0 radical (unpaired) electrons. The van der Waals surface area contributed by atoms with E-state index in [9.17, 15) is 4.79 Å². The molecule has 22 heavy (non-hydrogen) atoms. The van der Waals surface area contributed by atoms with E-state index in [1.165, 1.54) is 0 Å². The lowest BCUT2D eigenvalue weighted by Gasteiger charge is -2.10. The molecule has 0 aliphatic carbocycles. The van der Waals surface area contributed by atoms with Gasteiger partial charge in [-0.1, -0.05) is 20.3 Å². The molecule has 7 nitrogen and oxygen atoms in total. The van der Waals surface area contributed by atoms with Crippen molar-refractivity contribution >= 4 is 17.5 Å². The Bertz CT molecular complexity index is 624. The minimum atomic E-state index is -0.319. The van der Waals surface area contributed by atoms with Gasteiger partial charge >= 0.3 is 0 Å². The Balaban J connectivity index is 2.11. The lowest BCUT2D eigenvalue weighted by Crippen LogP contribution is -2.20. The molecule has 1 unspecified atom stereocenters. The first-order valence-electron chi connectivity index (χ1n) is 7.55. The van der Waals surface area contributed by atoms with Crippen LogP contribution in [0.15, 0.2) is 18.3 Å². The average molecular weight is 302 g/mol. The maximum Gasteiger partial charge on any atom is 0.288 e. The van der Waals surface area contributed by atoms with Crippen molar-refractivity contribution < 1.29 is 4.79 Å². The van der Waals surface area contributed by atoms with Gasteiger partial charge in [-0.2, -0.15) is 5.10 Å². The zero-order chi connectivity index (χ0) is 15.9. The molecule has 7 heteroatoms. The molecule has 2 rings (SSSR count). The smallest absolute Gasteiger partial charge is 0.288 e. The molecule has 1 amide bonds. The number of H-pyrrole nitrogens is 1. The van der Waals surface area contributed by atoms with Crippen molar-refractivity contribution in [3.63, 3.8) is 0 Å². The lowest BCUT2D eigenvalue weighted by molar-refractivity contribution is 0.0953. The summed E-state index contributed by atoms with van der Waals surface area (Å²) in [5.41, 5.74) is 1.12. The Kier molecular flexibility index (Phi) is 5.46. The van der Waals surface area contributed by atoms with Crippen LogP contribution >= 0.6 is 0 Å². The number of nitrogens with one attached hydrogen (secondary N) is 3. The molecule has 0 aliphatic rings. The van der Waals surface area contributed by atoms with E-state index < -0.39 is 0 Å². The number of anilines is 2. The van der Waals surface area contributed by atoms with Crippen LogP contribution < -0.4 is 10.6 Å². The summed E-state index contributed by atoms with van der Waals surface area (Å²) in [6, 6.07) is 3.69. The van der Waals surface area contributed by atoms with Crippen LogP contribution in [0.5, 0.6) is 0 Å². The van der Waals surface area contributed by atoms with Crippen molar-refractivity contribution in [1.29, 1.82) is 0 Å². The largest absolute Gasteiger partial charge is 0.352 e. The van der Waals surface area contributed by atoms with Gasteiger partial charge in [0.1, 0.15) is 5.82 Å². The quantitative estimate of drug-likeness (QED) is 0.730. The average Bonchev–Trinajstić information content (AvgIpc) is 3.00. The minimum absolute atomic E-state index is 0.126. The summed E-state index contributed by atoms with van der Waals surface area (Å²) >= 11 is 0. The van der Waals surface area contributed by atoms with Crippen molar-refractivity contribution in [2.24, 2.45) is 0 Å². The Hall–Kier alpha value is -2.44. The molecule has 2 aromatic rings. The number of nitrogens with zero attached hydrogens (tertiary/aromatic N) is 3. The number of hydrogen-bond donors (Lipinski definition) is 3. The maximum absolute atomic E-state index is 11.5. The van der Waals surface area contributed by atoms with Crippen molar-refractivity contribution in [3.8, 4) is 0 Å². The third kappa shape index (κ3) is 3.81. The summed E-state index contributed by atoms with van der Waals surface area (Å²) in [5, 5.41) is 12.9. The first-order valence-corrected chi connectivity index (χ1v) is 7.55. The molecule has 1 atom stereocenters. The summed E-state index contributed by atoms with van der Waals surface area (Å²) < 4.78 is 0. The van der Waals surface area contributed by atoms with Crippen LogP contribution in [0.2, 0.25) is 0 Å². The monoisotopic (exact) mass is 302 g/mol. The fourth-order valence-electron chi connectivity index (χ4n) is 2.32. The normalized spacial score (nSPS) is 12.0. The van der Waals surface area contributed by atoms with Crippen LogP contribution in [0.4, 0.5) is 11.6 Å². The zero-order valence-corrected chi connectivity index (χ0v) is 13.2. The van der Waals surface area contributed by atoms with Gasteiger partial charge in [0.2, 0.25) is 5.82 Å². The summed E-state index contributed by atoms with van der Waals surface area (Å²) in [6.45, 7) is 4.35. The van der Waals surface area contributed by atoms with Gasteiger partial charge in [0.15, 0.2) is 5.82 Å². The first kappa shape index (κ1) is 15.9. The number of hydrogen-bond acceptors (Lipinski definition) is 5. The van der Waals surface area contributed by atoms with Gasteiger partial charge in [0, 0.05) is 30.9 Å². The third-order valence-corrected chi connectivity index (χ3v) is 3.51. The number of rotatable bonds is 7. The highest BCUT2D eigenvalue weighted by Gasteiger charge is 2.13. The molecule has 0 spiro atoms. The van der Waals surface area contributed by atoms with Crippen molar-refractivity contribution in [1.82, 2.24) is 25.5 Å². The predicted octanol–water partition coefficient (Wildman–Crippen LogP) is 2.60. The van der Waals surface area contributed by atoms with Crippen LogP contribution in [-0.2, 0) is 0 Å². The standard InChI is InChI=1S/C15H22N6O/c1-4-6-10(5-2)11-9-13(21-20-11)18-12-7-8-17-14(19-12)15(22)16-3/h7-10H,4-6H2,1-3H3,(H,16,22)(H2,17,18,19,20,21). The molecule has 2 heterocycles. The lowest BCUT2D eigenvalue weighted by atomic mass is 9.97. The Morgan fingerprint density at radius 2 is 2.18 bits per heavy atom. The molecular weight excluding hydrogens is 280 g/mol. The van der Waals surface area contributed by atoms with E-state index in [1.807, 2.05) is 6.07 Å². The van der Waals surface area contributed by atoms with Gasteiger partial charge in [-0.25, -0.2) is 9.97 Å². The van der Waals surface area contributed by atoms with Crippen molar-refractivity contribution in [2.45, 2.75) is 39.0 Å². The van der Waals surface area contributed by atoms with Gasteiger partial charge < -0.3 is 10.6 Å². The Morgan fingerprint density at radius 3 is 2.86 bits per heavy atom. The molecule has 0 bridgehead atoms. The van der Waals surface area contributed by atoms with Crippen LogP contribution in [0.1, 0.15) is 55.3 Å². The second-order valence-corrected chi connectivity index (χ2v) is 5.07. The highest BCUT2D eigenvalue weighted by atomic mass is 16.2. The fraction of sp³-hybridized carbons (Fsp3) is 0.467. The number of carbonyl (C=O) groups is 1. The van der Waals surface area contributed by atoms with E-state index >= 15 is 0 Å². The fourth-order valence-corrected chi connectivity index (χ4v) is 2.32. The number of aromatic nitrogens is 4. The van der Waals surface area contributed by atoms with Crippen molar-refractivity contribution in [2.75, 3.05) is 12.4 Å². The molecule has 0 saturated carbocycles. The molecule has 118 valence electrons. The summed E-state index contributed by atoms with van der Waals surface area (Å²) in [4.78, 5) is 19.6. The maximum atomic E-state index is 11.5. The summed E-state index contributed by atoms with van der Waals surface area (Å²) in [6.07, 6.45) is 4.89. The van der Waals surface area contributed by atoms with E-state index in [0.717, 1.165) is 25.0 Å². The van der Waals surface area contributed by atoms with Gasteiger partial charge in [0.05, 0.1) is 0 Å². The Morgan fingerprint density at radius 1 is 1.36 bits per heavy atom. The van der Waals surface area contributed by atoms with Gasteiger partial charge in [-0.3, -0.25) is 9.89 Å². The minimum Gasteiger partial charge on any atom is -0.352 e. The number of amides is 1. The van der Waals surface area contributed by atoms with Gasteiger partial charge in [0.25, 0.3) is 5.91 Å². The summed E-state index contributed by atoms with van der Waals surface area (Å²) in [5.74, 6) is 1.52. The van der Waals surface area contributed by atoms with E-state index in [2.05, 4.69) is 44.6 Å². The number of aromatic amines is 1. The molecule has 0 fully saturated rings. The van der Waals surface area contributed by atoms with Gasteiger partial charge in [-0.05, 0) is 18.9 Å². The Labute approximate surface area is 130 Å². The molecule has 3 N–H and O–H groups in total. The zero-order valence-electron chi connectivity index (χ0n) is 13.2. The van der Waals surface area contributed by atoms with Crippen LogP contribution in [0.3, 0.4) is 0 Å². The van der Waals surface area contributed by atoms with Crippen molar-refractivity contribution in [3.05, 3.63) is 29.8 Å². The SMILES string of the molecule is CCCC(CC)c1cc(Nc2ccnc(C(=O)NC)n2)n[nH]1. The molecular formula is C15H22N6O. The number of carbonyl (C=O) groups excluding carboxylic acids is 1. The van der Waals surface area contributed by atoms with Crippen LogP contribution in [0, 0.1) is 0 Å². The second kappa shape index (κ2) is 7.53. The molecule has 0 saturated heterocycles. The third-order valence-electron chi connectivity index (χ3n) is 3.51. The van der Waals surface area contributed by atoms with E-state index in [4.69, 9.17) is 0 Å². The van der Waals surface area contributed by atoms with Gasteiger partial charge in [-0.15, -0.1) is 0 Å². The van der Waals surface area contributed by atoms with E-state index in [1.54, 1.807) is 19.3 Å². The van der Waals surface area contributed by atoms with Crippen LogP contribution in [-0.4, -0.2) is 33.1 Å². The second-order valence-electron chi connectivity index (χ2n) is 5.07.